The zero-order chi connectivity index (χ0) is 10.7. The molecule has 4 atom stereocenters. The fourth-order valence-corrected chi connectivity index (χ4v) is 3.86. The van der Waals surface area contributed by atoms with Crippen LogP contribution < -0.4 is 11.3 Å². The maximum absolute atomic E-state index is 5.63. The smallest absolute Gasteiger partial charge is 0.0236 e. The minimum absolute atomic E-state index is 0.563. The Balaban J connectivity index is 1.90. The van der Waals surface area contributed by atoms with E-state index in [-0.39, 0.29) is 0 Å². The van der Waals surface area contributed by atoms with Crippen molar-refractivity contribution >= 4 is 0 Å². The molecule has 3 N–H and O–H groups in total. The molecule has 2 fully saturated rings. The molecule has 2 nitrogen and oxygen atoms in total. The highest BCUT2D eigenvalue weighted by molar-refractivity contribution is 4.87. The summed E-state index contributed by atoms with van der Waals surface area (Å²) >= 11 is 0. The minimum atomic E-state index is 0.563. The van der Waals surface area contributed by atoms with Gasteiger partial charge in [-0.3, -0.25) is 11.3 Å². The average molecular weight is 210 g/mol. The highest BCUT2D eigenvalue weighted by Gasteiger charge is 2.34. The van der Waals surface area contributed by atoms with Crippen molar-refractivity contribution in [2.24, 2.45) is 23.6 Å². The van der Waals surface area contributed by atoms with Gasteiger partial charge in [0.25, 0.3) is 0 Å². The van der Waals surface area contributed by atoms with E-state index in [4.69, 9.17) is 5.84 Å². The van der Waals surface area contributed by atoms with Crippen LogP contribution in [0.5, 0.6) is 0 Å². The zero-order valence-electron chi connectivity index (χ0n) is 10.0. The van der Waals surface area contributed by atoms with E-state index in [1.807, 2.05) is 0 Å². The molecule has 0 aromatic heterocycles. The first-order valence-corrected chi connectivity index (χ1v) is 6.81. The van der Waals surface area contributed by atoms with E-state index < -0.39 is 0 Å². The van der Waals surface area contributed by atoms with Crippen LogP contribution >= 0.6 is 0 Å². The second-order valence-electron chi connectivity index (χ2n) is 5.56. The zero-order valence-corrected chi connectivity index (χ0v) is 10.0. The molecule has 2 aliphatic rings. The van der Waals surface area contributed by atoms with Crippen molar-refractivity contribution in [3.8, 4) is 0 Å². The van der Waals surface area contributed by atoms with Gasteiger partial charge in [0, 0.05) is 6.04 Å². The number of nitrogens with one attached hydrogen (secondary N) is 1. The third-order valence-electron chi connectivity index (χ3n) is 4.80. The molecule has 15 heavy (non-hydrogen) atoms. The van der Waals surface area contributed by atoms with Crippen molar-refractivity contribution in [2.45, 2.75) is 64.3 Å². The van der Waals surface area contributed by atoms with Gasteiger partial charge in [-0.25, -0.2) is 0 Å². The van der Waals surface area contributed by atoms with Crippen LogP contribution in [-0.2, 0) is 0 Å². The van der Waals surface area contributed by atoms with Crippen molar-refractivity contribution in [2.75, 3.05) is 0 Å². The van der Waals surface area contributed by atoms with Gasteiger partial charge in [-0.15, -0.1) is 0 Å². The second kappa shape index (κ2) is 5.31. The summed E-state index contributed by atoms with van der Waals surface area (Å²) in [5, 5.41) is 0. The van der Waals surface area contributed by atoms with Gasteiger partial charge in [0.2, 0.25) is 0 Å². The molecule has 0 heterocycles. The van der Waals surface area contributed by atoms with E-state index in [1.165, 1.54) is 51.4 Å². The SMILES string of the molecule is CCC(NN)C1CCC2CCCCC2C1. The Morgan fingerprint density at radius 2 is 1.87 bits per heavy atom. The third-order valence-corrected chi connectivity index (χ3v) is 4.80. The molecule has 0 aromatic rings. The van der Waals surface area contributed by atoms with E-state index >= 15 is 0 Å². The van der Waals surface area contributed by atoms with E-state index in [1.54, 1.807) is 0 Å². The summed E-state index contributed by atoms with van der Waals surface area (Å²) in [6.45, 7) is 2.25. The van der Waals surface area contributed by atoms with E-state index in [0.29, 0.717) is 6.04 Å². The van der Waals surface area contributed by atoms with Gasteiger partial charge in [0.05, 0.1) is 0 Å². The highest BCUT2D eigenvalue weighted by Crippen LogP contribution is 2.43. The number of rotatable bonds is 3. The summed E-state index contributed by atoms with van der Waals surface area (Å²) in [5.41, 5.74) is 3.02. The number of hydrogen-bond acceptors (Lipinski definition) is 2. The molecule has 2 heteroatoms. The Hall–Kier alpha value is -0.0800. The van der Waals surface area contributed by atoms with Gasteiger partial charge in [0.1, 0.15) is 0 Å². The Bertz CT molecular complexity index is 189. The molecule has 0 aromatic carbocycles. The van der Waals surface area contributed by atoms with Gasteiger partial charge in [-0.1, -0.05) is 32.6 Å². The van der Waals surface area contributed by atoms with Crippen molar-refractivity contribution in [3.63, 3.8) is 0 Å². The predicted molar refractivity (Wildman–Crippen MR) is 64.2 cm³/mol. The highest BCUT2D eigenvalue weighted by atomic mass is 15.2. The molecule has 2 aliphatic carbocycles. The first kappa shape index (κ1) is 11.4. The van der Waals surface area contributed by atoms with Crippen LogP contribution in [0.4, 0.5) is 0 Å². The fraction of sp³-hybridized carbons (Fsp3) is 1.00. The predicted octanol–water partition coefficient (Wildman–Crippen LogP) is 2.83. The summed E-state index contributed by atoms with van der Waals surface area (Å²) in [6.07, 6.45) is 11.4. The molecule has 2 rings (SSSR count). The topological polar surface area (TPSA) is 38.0 Å². The monoisotopic (exact) mass is 210 g/mol. The van der Waals surface area contributed by atoms with Crippen LogP contribution in [0.15, 0.2) is 0 Å². The number of fused-ring (bicyclic) bond motifs is 1. The Morgan fingerprint density at radius 3 is 2.53 bits per heavy atom. The molecular formula is C13H26N2. The first-order valence-electron chi connectivity index (χ1n) is 6.81. The van der Waals surface area contributed by atoms with E-state index in [0.717, 1.165) is 17.8 Å². The maximum atomic E-state index is 5.63. The quantitative estimate of drug-likeness (QED) is 0.555. The Kier molecular flexibility index (Phi) is 4.04. The lowest BCUT2D eigenvalue weighted by molar-refractivity contribution is 0.108. The number of hydrogen-bond donors (Lipinski definition) is 2. The second-order valence-corrected chi connectivity index (χ2v) is 5.56. The molecule has 0 bridgehead atoms. The molecule has 0 spiro atoms. The lowest BCUT2D eigenvalue weighted by atomic mass is 9.66. The molecule has 2 saturated carbocycles. The third kappa shape index (κ3) is 2.54. The summed E-state index contributed by atoms with van der Waals surface area (Å²) in [4.78, 5) is 0. The largest absolute Gasteiger partial charge is 0.271 e. The molecule has 0 amide bonds. The molecular weight excluding hydrogens is 184 g/mol. The Morgan fingerprint density at radius 1 is 1.13 bits per heavy atom. The van der Waals surface area contributed by atoms with Crippen LogP contribution in [0.25, 0.3) is 0 Å². The summed E-state index contributed by atoms with van der Waals surface area (Å²) in [5.74, 6) is 8.57. The summed E-state index contributed by atoms with van der Waals surface area (Å²) in [7, 11) is 0. The lowest BCUT2D eigenvalue weighted by Gasteiger charge is -2.41. The summed E-state index contributed by atoms with van der Waals surface area (Å²) in [6, 6.07) is 0.563. The number of hydrazine groups is 1. The van der Waals surface area contributed by atoms with Crippen LogP contribution in [-0.4, -0.2) is 6.04 Å². The van der Waals surface area contributed by atoms with Crippen LogP contribution in [0.2, 0.25) is 0 Å². The van der Waals surface area contributed by atoms with Gasteiger partial charge < -0.3 is 0 Å². The fourth-order valence-electron chi connectivity index (χ4n) is 3.86. The van der Waals surface area contributed by atoms with Crippen LogP contribution in [0.3, 0.4) is 0 Å². The van der Waals surface area contributed by atoms with Crippen molar-refractivity contribution in [1.29, 1.82) is 0 Å². The molecule has 0 radical (unpaired) electrons. The molecule has 0 saturated heterocycles. The Labute approximate surface area is 94.0 Å². The van der Waals surface area contributed by atoms with E-state index in [2.05, 4.69) is 12.3 Å². The van der Waals surface area contributed by atoms with E-state index in [9.17, 15) is 0 Å². The van der Waals surface area contributed by atoms with Gasteiger partial charge in [0.15, 0.2) is 0 Å². The molecule has 88 valence electrons. The average Bonchev–Trinajstić information content (AvgIpc) is 2.30. The summed E-state index contributed by atoms with van der Waals surface area (Å²) < 4.78 is 0. The van der Waals surface area contributed by atoms with Crippen molar-refractivity contribution in [3.05, 3.63) is 0 Å². The first-order chi connectivity index (χ1) is 7.35. The normalized spacial score (nSPS) is 38.4. The van der Waals surface area contributed by atoms with Gasteiger partial charge in [-0.2, -0.15) is 0 Å². The minimum Gasteiger partial charge on any atom is -0.271 e. The molecule has 0 aliphatic heterocycles. The van der Waals surface area contributed by atoms with Crippen LogP contribution in [0, 0.1) is 17.8 Å². The maximum Gasteiger partial charge on any atom is 0.0236 e. The number of nitrogens with two attached hydrogens (primary N) is 1. The van der Waals surface area contributed by atoms with Crippen LogP contribution in [0.1, 0.15) is 58.3 Å². The van der Waals surface area contributed by atoms with Crippen molar-refractivity contribution in [1.82, 2.24) is 5.43 Å². The van der Waals surface area contributed by atoms with Gasteiger partial charge in [-0.05, 0) is 43.4 Å². The van der Waals surface area contributed by atoms with Crippen molar-refractivity contribution < 1.29 is 0 Å². The lowest BCUT2D eigenvalue weighted by Crippen LogP contribution is -2.43. The molecule has 4 unspecified atom stereocenters. The standard InChI is InChI=1S/C13H26N2/c1-2-13(15-14)12-8-7-10-5-3-4-6-11(10)9-12/h10-13,15H,2-9,14H2,1H3. The van der Waals surface area contributed by atoms with Gasteiger partial charge >= 0.3 is 0 Å².